The van der Waals surface area contributed by atoms with E-state index in [0.717, 1.165) is 69.8 Å². The Morgan fingerprint density at radius 3 is 1.23 bits per heavy atom. The van der Waals surface area contributed by atoms with E-state index in [1.807, 2.05) is 94.3 Å². The van der Waals surface area contributed by atoms with Crippen LogP contribution in [0.5, 0.6) is 28.7 Å². The van der Waals surface area contributed by atoms with Crippen LogP contribution in [-0.4, -0.2) is 106 Å². The Kier molecular flexibility index (Phi) is 41.0. The number of carbonyl (C=O) groups is 8. The number of nitrogens with zero attached hydrogens (tertiary/aromatic N) is 5. The van der Waals surface area contributed by atoms with Crippen LogP contribution in [0.4, 0.5) is 53.0 Å². The van der Waals surface area contributed by atoms with Gasteiger partial charge in [-0.05, 0) is 136 Å². The second-order valence-electron chi connectivity index (χ2n) is 23.6. The van der Waals surface area contributed by atoms with Crippen LogP contribution in [0.3, 0.4) is 0 Å². The number of ether oxygens (including phenoxy) is 4. The third kappa shape index (κ3) is 35.5. The average Bonchev–Trinajstić information content (AvgIpc) is 1.59. The number of thiophene rings is 4. The summed E-state index contributed by atoms with van der Waals surface area (Å²) in [7, 11) is 2.44. The molecule has 0 bridgehead atoms. The van der Waals surface area contributed by atoms with E-state index in [1.165, 1.54) is 72.5 Å². The van der Waals surface area contributed by atoms with Crippen molar-refractivity contribution in [2.75, 3.05) is 41.6 Å². The Balaban J connectivity index is 0.000000216. The number of benzene rings is 7. The highest BCUT2D eigenvalue weighted by Crippen LogP contribution is 2.36. The van der Waals surface area contributed by atoms with E-state index >= 15 is 0 Å². The number of carboxylic acids is 2. The molecule has 0 spiro atoms. The van der Waals surface area contributed by atoms with Gasteiger partial charge in [0.15, 0.2) is 40.1 Å². The largest absolute Gasteiger partial charge is 0.505 e. The topological polar surface area (TPSA) is 480 Å². The zero-order valence-corrected chi connectivity index (χ0v) is 69.3. The van der Waals surface area contributed by atoms with Gasteiger partial charge in [-0.1, -0.05) is 84.4 Å². The first kappa shape index (κ1) is 97.7. The number of pyridine rings is 4. The maximum absolute atomic E-state index is 13.8. The lowest BCUT2D eigenvalue weighted by atomic mass is 10.3. The molecular formula is C84H70Cl2F3N11O20S4. The molecule has 11 N–H and O–H groups in total. The Morgan fingerprint density at radius 1 is 0.460 bits per heavy atom. The standard InChI is InChI=1S/C13H7FN2O3S.C13H9FN2OS.C10H11NO3.2C9H9NO3.C7H4ClNS.C7H5NOS.C6H4FNO3.C6H7N.C4H5ClO3/c14-9-7-8(16(17)18)1-2-11(9)19-12-3-5-15-10-4-6-20-13(10)12;14-9-7-8(15)1-2-11(9)17-12-3-5-16-10-4-6-18-13(10)12;1-14-10(13)7-9(12)11-8-5-3-2-4-6-8;2*11-8(6-9(12)13)10-7-4-2-1-3-5-7;8-5-1-3-9-6-2-4-10-7(5)6;9-6-1-3-8-5-2-4-10-7(5)6;7-5-3-4(8(10)11)1-2-6(5)9;7-6-4-2-1-3-5-6;1-8-4(7)2-3(5)6/h1-7H;1-7H,15H2;2-6H,7H2,1H3,(H,11,12);2*1-5H,6H2,(H,10,11)(H,12,13);1-4H;1-4H,(H,8,9);1-3,9H;1-5H,7H2;2H2,1H3. The van der Waals surface area contributed by atoms with Gasteiger partial charge in [0.2, 0.25) is 23.0 Å². The summed E-state index contributed by atoms with van der Waals surface area (Å²) >= 11 is 16.7. The number of halogens is 5. The maximum atomic E-state index is 13.8. The molecule has 640 valence electrons. The molecule has 0 saturated heterocycles. The monoisotopic (exact) mass is 1810 g/mol. The van der Waals surface area contributed by atoms with Crippen molar-refractivity contribution in [2.24, 2.45) is 0 Å². The number of nitrogens with one attached hydrogen (secondary N) is 4. The van der Waals surface area contributed by atoms with Crippen molar-refractivity contribution in [3.05, 3.63) is 324 Å². The lowest BCUT2D eigenvalue weighted by Gasteiger charge is -2.07. The summed E-state index contributed by atoms with van der Waals surface area (Å²) in [5, 5.41) is 61.0. The molecule has 0 unspecified atom stereocenters. The van der Waals surface area contributed by atoms with E-state index in [-0.39, 0.29) is 47.1 Å². The number of hydrogen-bond acceptors (Lipinski definition) is 27. The highest BCUT2D eigenvalue weighted by atomic mass is 35.5. The molecule has 15 aromatic rings. The van der Waals surface area contributed by atoms with Gasteiger partial charge in [0.25, 0.3) is 11.4 Å². The molecule has 8 aromatic heterocycles. The number of amides is 3. The fourth-order valence-corrected chi connectivity index (χ4v) is 12.6. The van der Waals surface area contributed by atoms with Gasteiger partial charge in [-0.25, -0.2) is 13.2 Å². The summed E-state index contributed by atoms with van der Waals surface area (Å²) in [6.07, 6.45) is 4.97. The zero-order valence-electron chi connectivity index (χ0n) is 64.5. The predicted octanol–water partition coefficient (Wildman–Crippen LogP) is 18.9. The molecule has 8 heterocycles. The number of esters is 2. The second-order valence-corrected chi connectivity index (χ2v) is 28.1. The molecule has 3 amide bonds. The van der Waals surface area contributed by atoms with Gasteiger partial charge < -0.3 is 66.7 Å². The number of phenolic OH excluding ortho intramolecular Hbond substituents is 1. The summed E-state index contributed by atoms with van der Waals surface area (Å²) in [6.45, 7) is 0. The summed E-state index contributed by atoms with van der Waals surface area (Å²) in [4.78, 5) is 130. The van der Waals surface area contributed by atoms with E-state index < -0.39 is 86.8 Å². The molecule has 0 aliphatic carbocycles. The Hall–Kier alpha value is -15.1. The Bertz CT molecular complexity index is 6060. The van der Waals surface area contributed by atoms with Crippen molar-refractivity contribution in [3.63, 3.8) is 0 Å². The van der Waals surface area contributed by atoms with Gasteiger partial charge >= 0.3 is 23.9 Å². The number of para-hydroxylation sites is 4. The van der Waals surface area contributed by atoms with Gasteiger partial charge in [-0.2, -0.15) is 0 Å². The quantitative estimate of drug-likeness (QED) is 0.0102. The van der Waals surface area contributed by atoms with Crippen molar-refractivity contribution in [1.82, 2.24) is 19.9 Å². The van der Waals surface area contributed by atoms with E-state index in [0.29, 0.717) is 40.3 Å². The van der Waals surface area contributed by atoms with Crippen molar-refractivity contribution in [3.8, 4) is 28.7 Å². The average molecular weight is 1810 g/mol. The SMILES string of the molecule is COC(=O)CC(=O)Cl.COC(=O)CC(=O)Nc1ccccc1.Clc1ccnc2ccsc12.Nc1ccc(Oc2ccnc3ccsc23)c(F)c1.Nc1ccccc1.O=C(O)CC(=O)Nc1ccccc1.O=C(O)CC(=O)Nc1ccccc1.O=[N+]([O-])c1ccc(O)c(F)c1.O=[N+]([O-])c1ccc(Oc2ccnc3ccsc23)c(F)c1.O=c1cc[nH]c2ccsc12. The molecule has 0 saturated carbocycles. The zero-order chi connectivity index (χ0) is 90.5. The number of methoxy groups -OCH3 is 2. The Morgan fingerprint density at radius 2 is 0.847 bits per heavy atom. The summed E-state index contributed by atoms with van der Waals surface area (Å²) < 4.78 is 62.9. The van der Waals surface area contributed by atoms with Crippen LogP contribution >= 0.6 is 68.5 Å². The summed E-state index contributed by atoms with van der Waals surface area (Å²) in [5.41, 5.74) is 16.8. The molecule has 0 aliphatic rings. The fourth-order valence-electron chi connectivity index (χ4n) is 9.03. The molecule has 124 heavy (non-hydrogen) atoms. The van der Waals surface area contributed by atoms with E-state index in [1.54, 1.807) is 139 Å². The number of rotatable bonds is 17. The number of aromatic amines is 1. The molecule has 0 aliphatic heterocycles. The first-order chi connectivity index (χ1) is 59.4. The maximum Gasteiger partial charge on any atom is 0.315 e. The van der Waals surface area contributed by atoms with Crippen LogP contribution in [0.2, 0.25) is 5.02 Å². The van der Waals surface area contributed by atoms with Gasteiger partial charge in [-0.15, -0.1) is 45.3 Å². The van der Waals surface area contributed by atoms with Gasteiger partial charge in [0, 0.05) is 89.6 Å². The first-order valence-electron chi connectivity index (χ1n) is 35.2. The number of nitrogens with two attached hydrogens (primary N) is 2. The molecule has 7 aromatic carbocycles. The first-order valence-corrected chi connectivity index (χ1v) is 39.4. The van der Waals surface area contributed by atoms with E-state index in [4.69, 9.17) is 59.5 Å². The molecule has 0 atom stereocenters. The number of nitro benzene ring substituents is 2. The van der Waals surface area contributed by atoms with E-state index in [9.17, 15) is 76.6 Å². The number of aliphatic carboxylic acids is 2. The highest BCUT2D eigenvalue weighted by molar-refractivity contribution is 7.18. The number of non-ortho nitro benzene ring substituents is 2. The highest BCUT2D eigenvalue weighted by Gasteiger charge is 2.17. The minimum Gasteiger partial charge on any atom is -0.505 e. The number of aromatic hydroxyl groups is 1. The van der Waals surface area contributed by atoms with Crippen molar-refractivity contribution < 1.29 is 95.6 Å². The van der Waals surface area contributed by atoms with Crippen molar-refractivity contribution >= 4 is 196 Å². The number of carboxylic acid groups (broad SMARTS) is 2. The minimum atomic E-state index is -1.13. The Labute approximate surface area is 726 Å². The number of anilines is 5. The number of nitrogen functional groups attached to an aromatic ring is 2. The summed E-state index contributed by atoms with van der Waals surface area (Å²) in [6, 6.07) is 60.4. The number of carbonyl (C=O) groups excluding carboxylic acids is 6. The number of hydrogen-bond donors (Lipinski definition) is 9. The van der Waals surface area contributed by atoms with Crippen molar-refractivity contribution in [2.45, 2.75) is 25.7 Å². The fraction of sp³-hybridized carbons (Fsp3) is 0.0714. The molecule has 15 rings (SSSR count). The van der Waals surface area contributed by atoms with Gasteiger partial charge in [0.1, 0.15) is 37.2 Å². The molecule has 0 radical (unpaired) electrons. The third-order valence-corrected chi connectivity index (χ3v) is 18.8. The van der Waals surface area contributed by atoms with Crippen LogP contribution in [-0.2, 0) is 47.8 Å². The van der Waals surface area contributed by atoms with Crippen LogP contribution < -0.4 is 42.3 Å². The number of aromatic nitrogens is 4. The van der Waals surface area contributed by atoms with E-state index in [2.05, 4.69) is 45.4 Å². The normalized spacial score (nSPS) is 9.80. The van der Waals surface area contributed by atoms with Gasteiger partial charge in [0.05, 0.1) is 82.1 Å². The van der Waals surface area contributed by atoms with Gasteiger partial charge in [-0.3, -0.25) is 78.3 Å². The second kappa shape index (κ2) is 52.1. The number of nitro groups is 2. The molecule has 40 heteroatoms. The molecule has 31 nitrogen and oxygen atoms in total. The number of fused-ring (bicyclic) bond motifs is 4. The lowest BCUT2D eigenvalue weighted by Crippen LogP contribution is -2.17. The third-order valence-electron chi connectivity index (χ3n) is 14.6. The number of H-pyrrole nitrogens is 1. The minimum absolute atomic E-state index is 0.0588. The van der Waals surface area contributed by atoms with Crippen LogP contribution in [0.15, 0.2) is 276 Å². The molecule has 0 fully saturated rings. The number of phenols is 1. The van der Waals surface area contributed by atoms with Crippen LogP contribution in [0.25, 0.3) is 40.9 Å². The molecular weight excluding hydrogens is 1740 g/mol. The van der Waals surface area contributed by atoms with Crippen LogP contribution in [0.1, 0.15) is 25.7 Å². The van der Waals surface area contributed by atoms with Crippen molar-refractivity contribution in [1.29, 1.82) is 0 Å². The predicted molar refractivity (Wildman–Crippen MR) is 470 cm³/mol. The van der Waals surface area contributed by atoms with Crippen LogP contribution in [0, 0.1) is 37.7 Å². The lowest BCUT2D eigenvalue weighted by molar-refractivity contribution is -0.385. The summed E-state index contributed by atoms with van der Waals surface area (Å²) in [5.74, 6) is -6.48. The smallest absolute Gasteiger partial charge is 0.315 e.